The predicted octanol–water partition coefficient (Wildman–Crippen LogP) is -0.574. The van der Waals surface area contributed by atoms with E-state index in [1.165, 1.54) is 7.05 Å². The van der Waals surface area contributed by atoms with E-state index in [0.717, 1.165) is 27.7 Å². The molecule has 1 saturated heterocycles. The average molecular weight is 405 g/mol. The SMILES string of the molecule is CNC(=O)O[C@@H]1O[C@H](COC(C)=O)[C@H](OC(C)=O)[C@H](OC(C)=O)[C@H]1OC(C)=O. The van der Waals surface area contributed by atoms with Crippen LogP contribution in [0.1, 0.15) is 27.7 Å². The molecule has 1 rings (SSSR count). The van der Waals surface area contributed by atoms with Crippen LogP contribution in [-0.2, 0) is 47.6 Å². The Kier molecular flexibility index (Phi) is 8.64. The molecule has 0 unspecified atom stereocenters. The maximum atomic E-state index is 11.6. The van der Waals surface area contributed by atoms with Crippen LogP contribution >= 0.6 is 0 Å². The quantitative estimate of drug-likeness (QED) is 0.446. The first-order chi connectivity index (χ1) is 13.0. The second kappa shape index (κ2) is 10.4. The molecule has 0 spiro atoms. The highest BCUT2D eigenvalue weighted by Crippen LogP contribution is 2.30. The van der Waals surface area contributed by atoms with E-state index in [0.29, 0.717) is 0 Å². The van der Waals surface area contributed by atoms with E-state index in [4.69, 9.17) is 28.4 Å². The third-order valence-corrected chi connectivity index (χ3v) is 3.38. The summed E-state index contributed by atoms with van der Waals surface area (Å²) in [6, 6.07) is 0. The van der Waals surface area contributed by atoms with Crippen LogP contribution in [0.3, 0.4) is 0 Å². The predicted molar refractivity (Wildman–Crippen MR) is 87.5 cm³/mol. The molecule has 1 heterocycles. The molecule has 5 atom stereocenters. The zero-order valence-corrected chi connectivity index (χ0v) is 16.1. The normalized spacial score (nSPS) is 26.4. The number of carbonyl (C=O) groups excluding carboxylic acids is 5. The molecule has 1 aliphatic heterocycles. The summed E-state index contributed by atoms with van der Waals surface area (Å²) in [7, 11) is 1.29. The number of nitrogens with one attached hydrogen (secondary N) is 1. The molecule has 0 bridgehead atoms. The van der Waals surface area contributed by atoms with E-state index in [1.807, 2.05) is 0 Å². The fourth-order valence-corrected chi connectivity index (χ4v) is 2.45. The van der Waals surface area contributed by atoms with Crippen molar-refractivity contribution in [1.29, 1.82) is 0 Å². The van der Waals surface area contributed by atoms with Crippen molar-refractivity contribution in [1.82, 2.24) is 5.32 Å². The number of hydrogen-bond acceptors (Lipinski definition) is 11. The third kappa shape index (κ3) is 7.02. The first-order valence-electron chi connectivity index (χ1n) is 8.24. The maximum absolute atomic E-state index is 11.6. The highest BCUT2D eigenvalue weighted by atomic mass is 16.8. The van der Waals surface area contributed by atoms with Gasteiger partial charge in [-0.3, -0.25) is 19.2 Å². The fraction of sp³-hybridized carbons (Fsp3) is 0.688. The standard InChI is InChI=1S/C16H23NO11/c1-7(18)23-6-11-12(24-8(2)19)13(25-9(3)20)14(26-10(4)21)15(27-11)28-16(22)17-5/h11-15H,6H2,1-5H3,(H,17,22)/t11-,12+,13+,14-,15+/m1/s1. The zero-order valence-electron chi connectivity index (χ0n) is 16.1. The van der Waals surface area contributed by atoms with Crippen LogP contribution in [0.2, 0.25) is 0 Å². The summed E-state index contributed by atoms with van der Waals surface area (Å²) in [6.07, 6.45) is -7.80. The van der Waals surface area contributed by atoms with Crippen molar-refractivity contribution in [3.63, 3.8) is 0 Å². The number of rotatable bonds is 6. The van der Waals surface area contributed by atoms with E-state index in [2.05, 4.69) is 5.32 Å². The highest BCUT2D eigenvalue weighted by molar-refractivity contribution is 5.69. The van der Waals surface area contributed by atoms with Crippen molar-refractivity contribution in [2.75, 3.05) is 13.7 Å². The van der Waals surface area contributed by atoms with Gasteiger partial charge >= 0.3 is 30.0 Å². The van der Waals surface area contributed by atoms with Gasteiger partial charge in [0.1, 0.15) is 12.7 Å². The summed E-state index contributed by atoms with van der Waals surface area (Å²) < 4.78 is 30.9. The summed E-state index contributed by atoms with van der Waals surface area (Å²) in [5, 5.41) is 2.19. The highest BCUT2D eigenvalue weighted by Gasteiger charge is 2.53. The van der Waals surface area contributed by atoms with Gasteiger partial charge in [-0.15, -0.1) is 0 Å². The van der Waals surface area contributed by atoms with E-state index < -0.39 is 67.3 Å². The molecule has 0 aromatic heterocycles. The zero-order chi connectivity index (χ0) is 21.4. The van der Waals surface area contributed by atoms with Crippen LogP contribution in [0.15, 0.2) is 0 Å². The van der Waals surface area contributed by atoms with Gasteiger partial charge in [-0.1, -0.05) is 0 Å². The third-order valence-electron chi connectivity index (χ3n) is 3.38. The minimum Gasteiger partial charge on any atom is -0.463 e. The number of carbonyl (C=O) groups is 5. The first-order valence-corrected chi connectivity index (χ1v) is 8.24. The Balaban J connectivity index is 3.30. The molecule has 1 aliphatic rings. The summed E-state index contributed by atoms with van der Waals surface area (Å²) in [5.74, 6) is -2.99. The molecule has 0 aliphatic carbocycles. The minimum absolute atomic E-state index is 0.411. The maximum Gasteiger partial charge on any atom is 0.409 e. The number of ether oxygens (including phenoxy) is 6. The number of hydrogen-bond donors (Lipinski definition) is 1. The lowest BCUT2D eigenvalue weighted by atomic mass is 9.98. The minimum atomic E-state index is -1.54. The Hall–Kier alpha value is -2.89. The van der Waals surface area contributed by atoms with Gasteiger partial charge in [-0.25, -0.2) is 4.79 Å². The Morgan fingerprint density at radius 3 is 1.71 bits per heavy atom. The Bertz CT molecular complexity index is 620. The van der Waals surface area contributed by atoms with Crippen molar-refractivity contribution in [2.24, 2.45) is 0 Å². The molecule has 0 radical (unpaired) electrons. The second-order valence-corrected chi connectivity index (χ2v) is 5.72. The lowest BCUT2D eigenvalue weighted by Gasteiger charge is -2.43. The largest absolute Gasteiger partial charge is 0.463 e. The van der Waals surface area contributed by atoms with Gasteiger partial charge in [0.2, 0.25) is 12.4 Å². The Morgan fingerprint density at radius 1 is 0.750 bits per heavy atom. The molecule has 28 heavy (non-hydrogen) atoms. The Morgan fingerprint density at radius 2 is 1.25 bits per heavy atom. The summed E-state index contributed by atoms with van der Waals surface area (Å²) >= 11 is 0. The summed E-state index contributed by atoms with van der Waals surface area (Å²) in [5.41, 5.74) is 0. The average Bonchev–Trinajstić information content (AvgIpc) is 2.57. The summed E-state index contributed by atoms with van der Waals surface area (Å²) in [6.45, 7) is 3.99. The number of amides is 1. The van der Waals surface area contributed by atoms with E-state index in [9.17, 15) is 24.0 Å². The second-order valence-electron chi connectivity index (χ2n) is 5.72. The lowest BCUT2D eigenvalue weighted by Crippen LogP contribution is -2.63. The summed E-state index contributed by atoms with van der Waals surface area (Å²) in [4.78, 5) is 57.4. The van der Waals surface area contributed by atoms with Crippen molar-refractivity contribution >= 4 is 30.0 Å². The van der Waals surface area contributed by atoms with Crippen molar-refractivity contribution in [3.8, 4) is 0 Å². The topological polar surface area (TPSA) is 153 Å². The molecule has 1 fully saturated rings. The van der Waals surface area contributed by atoms with Gasteiger partial charge in [0.15, 0.2) is 12.2 Å². The van der Waals surface area contributed by atoms with E-state index >= 15 is 0 Å². The van der Waals surface area contributed by atoms with Crippen LogP contribution in [0.4, 0.5) is 4.79 Å². The van der Waals surface area contributed by atoms with Gasteiger partial charge in [0.25, 0.3) is 0 Å². The van der Waals surface area contributed by atoms with E-state index in [-0.39, 0.29) is 0 Å². The molecule has 158 valence electrons. The molecule has 1 amide bonds. The smallest absolute Gasteiger partial charge is 0.409 e. The van der Waals surface area contributed by atoms with E-state index in [1.54, 1.807) is 0 Å². The molecule has 0 aromatic carbocycles. The van der Waals surface area contributed by atoms with Crippen LogP contribution in [-0.4, -0.2) is 74.3 Å². The molecular formula is C16H23NO11. The number of esters is 4. The van der Waals surface area contributed by atoms with Crippen LogP contribution in [0.5, 0.6) is 0 Å². The van der Waals surface area contributed by atoms with Crippen LogP contribution < -0.4 is 5.32 Å². The molecule has 12 nitrogen and oxygen atoms in total. The van der Waals surface area contributed by atoms with Crippen molar-refractivity contribution < 1.29 is 52.4 Å². The van der Waals surface area contributed by atoms with Crippen LogP contribution in [0.25, 0.3) is 0 Å². The van der Waals surface area contributed by atoms with Crippen molar-refractivity contribution in [3.05, 3.63) is 0 Å². The van der Waals surface area contributed by atoms with Crippen LogP contribution in [0, 0.1) is 0 Å². The molecule has 0 saturated carbocycles. The van der Waals surface area contributed by atoms with Crippen molar-refractivity contribution in [2.45, 2.75) is 58.4 Å². The van der Waals surface area contributed by atoms with Gasteiger partial charge in [0, 0.05) is 34.7 Å². The number of alkyl carbamates (subject to hydrolysis) is 1. The van der Waals surface area contributed by atoms with Gasteiger partial charge in [0.05, 0.1) is 0 Å². The first kappa shape index (κ1) is 23.1. The lowest BCUT2D eigenvalue weighted by molar-refractivity contribution is -0.294. The monoisotopic (exact) mass is 405 g/mol. The fourth-order valence-electron chi connectivity index (χ4n) is 2.45. The van der Waals surface area contributed by atoms with Gasteiger partial charge in [-0.2, -0.15) is 0 Å². The molecule has 0 aromatic rings. The van der Waals surface area contributed by atoms with Gasteiger partial charge in [-0.05, 0) is 0 Å². The molecule has 1 N–H and O–H groups in total. The Labute approximate surface area is 160 Å². The van der Waals surface area contributed by atoms with Gasteiger partial charge < -0.3 is 33.7 Å². The molecule has 12 heteroatoms. The molecular weight excluding hydrogens is 382 g/mol.